The van der Waals surface area contributed by atoms with Crippen LogP contribution in [-0.4, -0.2) is 47.9 Å². The van der Waals surface area contributed by atoms with Gasteiger partial charge in [-0.25, -0.2) is 4.79 Å². The predicted molar refractivity (Wildman–Crippen MR) is 266 cm³/mol. The summed E-state index contributed by atoms with van der Waals surface area (Å²) in [4.78, 5) is 65.9. The second-order valence-electron chi connectivity index (χ2n) is 18.5. The van der Waals surface area contributed by atoms with Crippen molar-refractivity contribution in [2.75, 3.05) is 0 Å². The summed E-state index contributed by atoms with van der Waals surface area (Å²) >= 11 is 0. The van der Waals surface area contributed by atoms with Crippen LogP contribution in [0.15, 0.2) is 60.7 Å². The second-order valence-corrected chi connectivity index (χ2v) is 18.5. The maximum atomic E-state index is 13.5. The van der Waals surface area contributed by atoms with Crippen molar-refractivity contribution in [3.05, 3.63) is 71.8 Å². The summed E-state index contributed by atoms with van der Waals surface area (Å²) < 4.78 is 16.9. The largest absolute Gasteiger partial charge is 0.462 e. The lowest BCUT2D eigenvalue weighted by atomic mass is 10.0. The third-order valence-corrected chi connectivity index (χ3v) is 12.3. The fourth-order valence-corrected chi connectivity index (χ4v) is 8.14. The van der Waals surface area contributed by atoms with Crippen LogP contribution in [0.5, 0.6) is 0 Å². The number of amides is 2. The molecule has 0 spiro atoms. The third kappa shape index (κ3) is 31.7. The summed E-state index contributed by atoms with van der Waals surface area (Å²) in [7, 11) is 0. The first-order valence-corrected chi connectivity index (χ1v) is 26.4. The molecule has 0 aliphatic rings. The predicted octanol–water partition coefficient (Wildman–Crippen LogP) is 13.5. The number of carbonyl (C=O) groups is 5. The number of ether oxygens (including phenoxy) is 3. The van der Waals surface area contributed by atoms with E-state index in [4.69, 9.17) is 14.2 Å². The van der Waals surface area contributed by atoms with Crippen molar-refractivity contribution in [3.63, 3.8) is 0 Å². The molecule has 1 unspecified atom stereocenters. The molecular weight excluding hydrogens is 829 g/mol. The minimum absolute atomic E-state index is 0.00446. The molecule has 372 valence electrons. The molecule has 0 radical (unpaired) electrons. The van der Waals surface area contributed by atoms with Crippen molar-refractivity contribution in [1.29, 1.82) is 0 Å². The Morgan fingerprint density at radius 1 is 0.470 bits per heavy atom. The lowest BCUT2D eigenvalue weighted by Gasteiger charge is -2.22. The number of benzene rings is 2. The van der Waals surface area contributed by atoms with E-state index in [2.05, 4.69) is 24.5 Å². The summed E-state index contributed by atoms with van der Waals surface area (Å²) in [6.45, 7) is 6.13. The lowest BCUT2D eigenvalue weighted by Crippen LogP contribution is -2.51. The third-order valence-electron chi connectivity index (χ3n) is 12.3. The van der Waals surface area contributed by atoms with Crippen molar-refractivity contribution >= 4 is 29.7 Å². The van der Waals surface area contributed by atoms with E-state index in [1.54, 1.807) is 0 Å². The molecule has 0 saturated heterocycles. The fraction of sp³-hybridized carbons (Fsp3) is 0.696. The molecule has 0 bridgehead atoms. The Bertz CT molecular complexity index is 1540. The molecule has 10 heteroatoms. The quantitative estimate of drug-likeness (QED) is 0.0381. The maximum absolute atomic E-state index is 13.5. The molecule has 2 amide bonds. The van der Waals surface area contributed by atoms with Gasteiger partial charge in [0.1, 0.15) is 31.4 Å². The summed E-state index contributed by atoms with van der Waals surface area (Å²) in [6.07, 6.45) is 32.0. The average molecular weight is 919 g/mol. The van der Waals surface area contributed by atoms with Gasteiger partial charge in [-0.05, 0) is 43.7 Å². The summed E-state index contributed by atoms with van der Waals surface area (Å²) in [5.74, 6) is -2.52. The SMILES string of the molecule is CCCCCCCCCCCCCCCC(=O)OC(CCCCCCCCCCCCCCC)CC(=O)N[C@@H](C)C(=O)N[C@@H](CCC(=O)OCc1ccccc1)C(=O)OCc1ccccc1. The van der Waals surface area contributed by atoms with E-state index in [-0.39, 0.29) is 38.4 Å². The zero-order valence-corrected chi connectivity index (χ0v) is 41.6. The Kier molecular flexibility index (Phi) is 35.0. The Morgan fingerprint density at radius 3 is 1.36 bits per heavy atom. The van der Waals surface area contributed by atoms with Crippen LogP contribution in [0.4, 0.5) is 0 Å². The van der Waals surface area contributed by atoms with Gasteiger partial charge < -0.3 is 24.8 Å². The van der Waals surface area contributed by atoms with Crippen LogP contribution in [0, 0.1) is 0 Å². The van der Waals surface area contributed by atoms with Gasteiger partial charge in [-0.3, -0.25) is 19.2 Å². The van der Waals surface area contributed by atoms with Crippen LogP contribution >= 0.6 is 0 Å². The fourth-order valence-electron chi connectivity index (χ4n) is 8.14. The van der Waals surface area contributed by atoms with E-state index in [1.165, 1.54) is 135 Å². The number of unbranched alkanes of at least 4 members (excludes halogenated alkanes) is 24. The minimum Gasteiger partial charge on any atom is -0.462 e. The lowest BCUT2D eigenvalue weighted by molar-refractivity contribution is -0.151. The molecule has 0 aliphatic carbocycles. The molecule has 2 N–H and O–H groups in total. The Hall–Kier alpha value is -4.21. The molecule has 0 saturated carbocycles. The highest BCUT2D eigenvalue weighted by atomic mass is 16.5. The number of carbonyl (C=O) groups excluding carboxylic acids is 5. The zero-order chi connectivity index (χ0) is 47.7. The minimum atomic E-state index is -1.15. The topological polar surface area (TPSA) is 137 Å². The van der Waals surface area contributed by atoms with Gasteiger partial charge in [-0.2, -0.15) is 0 Å². The van der Waals surface area contributed by atoms with Crippen LogP contribution in [0.1, 0.15) is 231 Å². The smallest absolute Gasteiger partial charge is 0.328 e. The highest BCUT2D eigenvalue weighted by molar-refractivity contribution is 5.90. The van der Waals surface area contributed by atoms with E-state index < -0.39 is 41.9 Å². The molecule has 2 aromatic carbocycles. The molecule has 0 aliphatic heterocycles. The van der Waals surface area contributed by atoms with Crippen molar-refractivity contribution in [2.45, 2.75) is 251 Å². The van der Waals surface area contributed by atoms with E-state index in [1.807, 2.05) is 60.7 Å². The number of esters is 3. The van der Waals surface area contributed by atoms with Crippen LogP contribution < -0.4 is 10.6 Å². The summed E-state index contributed by atoms with van der Waals surface area (Å²) in [5, 5.41) is 5.44. The molecule has 2 rings (SSSR count). The molecule has 0 heterocycles. The van der Waals surface area contributed by atoms with Gasteiger partial charge in [0.05, 0.1) is 6.42 Å². The molecule has 66 heavy (non-hydrogen) atoms. The Morgan fingerprint density at radius 2 is 0.894 bits per heavy atom. The number of rotatable bonds is 42. The monoisotopic (exact) mass is 919 g/mol. The van der Waals surface area contributed by atoms with Gasteiger partial charge in [-0.1, -0.05) is 229 Å². The maximum Gasteiger partial charge on any atom is 0.328 e. The van der Waals surface area contributed by atoms with Crippen LogP contribution in [0.25, 0.3) is 0 Å². The van der Waals surface area contributed by atoms with Crippen molar-refractivity contribution < 1.29 is 38.2 Å². The average Bonchev–Trinajstić information content (AvgIpc) is 3.32. The van der Waals surface area contributed by atoms with Crippen molar-refractivity contribution in [2.24, 2.45) is 0 Å². The van der Waals surface area contributed by atoms with Crippen LogP contribution in [0.3, 0.4) is 0 Å². The normalized spacial score (nSPS) is 12.5. The van der Waals surface area contributed by atoms with Crippen LogP contribution in [-0.2, 0) is 51.4 Å². The first-order valence-electron chi connectivity index (χ1n) is 26.4. The Balaban J connectivity index is 1.88. The molecule has 3 atom stereocenters. The second kappa shape index (κ2) is 39.9. The summed E-state index contributed by atoms with van der Waals surface area (Å²) in [5.41, 5.74) is 1.61. The van der Waals surface area contributed by atoms with E-state index in [9.17, 15) is 24.0 Å². The summed E-state index contributed by atoms with van der Waals surface area (Å²) in [6, 6.07) is 16.3. The molecule has 0 fully saturated rings. The van der Waals surface area contributed by atoms with Crippen molar-refractivity contribution in [3.8, 4) is 0 Å². The number of hydrogen-bond acceptors (Lipinski definition) is 8. The van der Waals surface area contributed by atoms with E-state index in [0.29, 0.717) is 12.8 Å². The van der Waals surface area contributed by atoms with Gasteiger partial charge in [0.25, 0.3) is 0 Å². The van der Waals surface area contributed by atoms with Crippen molar-refractivity contribution in [1.82, 2.24) is 10.6 Å². The highest BCUT2D eigenvalue weighted by Gasteiger charge is 2.28. The van der Waals surface area contributed by atoms with Gasteiger partial charge in [0.15, 0.2) is 0 Å². The van der Waals surface area contributed by atoms with Gasteiger partial charge in [0, 0.05) is 12.8 Å². The molecule has 0 aromatic heterocycles. The zero-order valence-electron chi connectivity index (χ0n) is 41.6. The van der Waals surface area contributed by atoms with Crippen LogP contribution in [0.2, 0.25) is 0 Å². The van der Waals surface area contributed by atoms with Gasteiger partial charge in [-0.15, -0.1) is 0 Å². The first kappa shape index (κ1) is 57.9. The molecule has 2 aromatic rings. The number of hydrogen-bond donors (Lipinski definition) is 2. The Labute approximate surface area is 400 Å². The first-order chi connectivity index (χ1) is 32.2. The van der Waals surface area contributed by atoms with Gasteiger partial charge in [0.2, 0.25) is 11.8 Å². The van der Waals surface area contributed by atoms with E-state index >= 15 is 0 Å². The standard InChI is InChI=1S/C56H90N2O8/c1-4-6-8-10-12-14-16-18-20-22-24-26-34-40-50(66-54(61)41-35-27-25-23-21-19-17-15-13-11-9-7-5-2)44-52(59)57-47(3)55(62)58-51(56(63)65-46-49-38-32-29-33-39-49)42-43-53(60)64-45-48-36-30-28-31-37-48/h28-33,36-39,47,50-51H,4-27,34-35,40-46H2,1-3H3,(H,57,59)(H,58,62)/t47-,50?,51-/m0/s1. The van der Waals surface area contributed by atoms with E-state index in [0.717, 1.165) is 49.7 Å². The molecule has 10 nitrogen and oxygen atoms in total. The highest BCUT2D eigenvalue weighted by Crippen LogP contribution is 2.18. The molecular formula is C56H90N2O8. The number of nitrogens with one attached hydrogen (secondary N) is 2. The van der Waals surface area contributed by atoms with Gasteiger partial charge >= 0.3 is 17.9 Å².